The smallest absolute Gasteiger partial charge is 0.335 e. The van der Waals surface area contributed by atoms with Gasteiger partial charge in [0.2, 0.25) is 5.91 Å². The van der Waals surface area contributed by atoms with Crippen molar-refractivity contribution in [3.63, 3.8) is 0 Å². The van der Waals surface area contributed by atoms with E-state index in [1.165, 1.54) is 18.2 Å². The monoisotopic (exact) mass is 237 g/mol. The third kappa shape index (κ3) is 3.30. The maximum absolute atomic E-state index is 11.2. The van der Waals surface area contributed by atoms with E-state index in [2.05, 4.69) is 11.2 Å². The van der Waals surface area contributed by atoms with Gasteiger partial charge in [-0.1, -0.05) is 17.5 Å². The van der Waals surface area contributed by atoms with Gasteiger partial charge in [0.1, 0.15) is 0 Å². The first kappa shape index (κ1) is 12.1. The molecule has 0 heterocycles. The first-order valence-electron chi connectivity index (χ1n) is 4.30. The SMILES string of the molecule is C#CCC(=O)Nc1cc(Cl)cc(C(=O)O)c1. The van der Waals surface area contributed by atoms with Crippen LogP contribution >= 0.6 is 11.6 Å². The number of carbonyl (C=O) groups is 2. The largest absolute Gasteiger partial charge is 0.478 e. The number of rotatable bonds is 3. The van der Waals surface area contributed by atoms with Crippen molar-refractivity contribution in [1.29, 1.82) is 0 Å². The molecule has 0 saturated heterocycles. The summed E-state index contributed by atoms with van der Waals surface area (Å²) in [6.45, 7) is 0. The van der Waals surface area contributed by atoms with Gasteiger partial charge < -0.3 is 10.4 Å². The number of carboxylic acid groups (broad SMARTS) is 1. The zero-order valence-corrected chi connectivity index (χ0v) is 8.91. The highest BCUT2D eigenvalue weighted by Crippen LogP contribution is 2.19. The second-order valence-corrected chi connectivity index (χ2v) is 3.40. The summed E-state index contributed by atoms with van der Waals surface area (Å²) in [5.41, 5.74) is 0.314. The Morgan fingerprint density at radius 2 is 2.12 bits per heavy atom. The number of anilines is 1. The van der Waals surface area contributed by atoms with E-state index in [-0.39, 0.29) is 22.9 Å². The molecule has 5 heteroatoms. The fourth-order valence-corrected chi connectivity index (χ4v) is 1.32. The minimum atomic E-state index is -1.12. The molecule has 0 radical (unpaired) electrons. The Morgan fingerprint density at radius 1 is 1.44 bits per heavy atom. The molecule has 1 aromatic rings. The van der Waals surface area contributed by atoms with E-state index >= 15 is 0 Å². The number of hydrogen-bond donors (Lipinski definition) is 2. The quantitative estimate of drug-likeness (QED) is 0.791. The predicted molar refractivity (Wildman–Crippen MR) is 60.5 cm³/mol. The van der Waals surface area contributed by atoms with Gasteiger partial charge in [0.25, 0.3) is 0 Å². The van der Waals surface area contributed by atoms with E-state index in [0.717, 1.165) is 0 Å². The van der Waals surface area contributed by atoms with Crippen molar-refractivity contribution >= 4 is 29.2 Å². The van der Waals surface area contributed by atoms with Crippen LogP contribution in [0.3, 0.4) is 0 Å². The molecule has 0 aliphatic carbocycles. The fourth-order valence-electron chi connectivity index (χ4n) is 1.08. The van der Waals surface area contributed by atoms with Gasteiger partial charge in [0.05, 0.1) is 12.0 Å². The summed E-state index contributed by atoms with van der Waals surface area (Å²) in [6.07, 6.45) is 4.89. The summed E-state index contributed by atoms with van der Waals surface area (Å²) in [6, 6.07) is 4.05. The van der Waals surface area contributed by atoms with Gasteiger partial charge in [-0.25, -0.2) is 4.79 Å². The van der Waals surface area contributed by atoms with Crippen LogP contribution in [0.5, 0.6) is 0 Å². The maximum atomic E-state index is 11.2. The van der Waals surface area contributed by atoms with Crippen LogP contribution in [0.25, 0.3) is 0 Å². The van der Waals surface area contributed by atoms with Gasteiger partial charge in [0, 0.05) is 10.7 Å². The highest BCUT2D eigenvalue weighted by atomic mass is 35.5. The molecule has 2 N–H and O–H groups in total. The van der Waals surface area contributed by atoms with Crippen LogP contribution in [0.2, 0.25) is 5.02 Å². The summed E-state index contributed by atoms with van der Waals surface area (Å²) < 4.78 is 0. The maximum Gasteiger partial charge on any atom is 0.335 e. The first-order valence-corrected chi connectivity index (χ1v) is 4.68. The standard InChI is InChI=1S/C11H8ClNO3/c1-2-3-10(14)13-9-5-7(11(15)16)4-8(12)6-9/h1,4-6H,3H2,(H,13,14)(H,15,16). The molecule has 82 valence electrons. The van der Waals surface area contributed by atoms with Crippen LogP contribution in [0.15, 0.2) is 18.2 Å². The molecular formula is C11H8ClNO3. The van der Waals surface area contributed by atoms with Crippen molar-refractivity contribution in [2.45, 2.75) is 6.42 Å². The van der Waals surface area contributed by atoms with Gasteiger partial charge >= 0.3 is 5.97 Å². The van der Waals surface area contributed by atoms with E-state index in [1.54, 1.807) is 0 Å². The molecular weight excluding hydrogens is 230 g/mol. The Labute approximate surface area is 97.2 Å². The number of carbonyl (C=O) groups excluding carboxylic acids is 1. The zero-order chi connectivity index (χ0) is 12.1. The molecule has 4 nitrogen and oxygen atoms in total. The molecule has 0 atom stereocenters. The fraction of sp³-hybridized carbons (Fsp3) is 0.0909. The number of nitrogens with one attached hydrogen (secondary N) is 1. The Balaban J connectivity index is 2.93. The summed E-state index contributed by atoms with van der Waals surface area (Å²) in [7, 11) is 0. The molecule has 1 aromatic carbocycles. The number of carboxylic acids is 1. The molecule has 0 saturated carbocycles. The minimum absolute atomic E-state index is 0.00325. The van der Waals surface area contributed by atoms with Gasteiger partial charge in [-0.2, -0.15) is 0 Å². The Morgan fingerprint density at radius 3 is 2.69 bits per heavy atom. The molecule has 0 aromatic heterocycles. The van der Waals surface area contributed by atoms with Gasteiger partial charge in [-0.3, -0.25) is 4.79 Å². The molecule has 0 aliphatic heterocycles. The Kier molecular flexibility index (Phi) is 3.92. The second kappa shape index (κ2) is 5.19. The third-order valence-corrected chi connectivity index (χ3v) is 1.91. The zero-order valence-electron chi connectivity index (χ0n) is 8.16. The molecule has 0 fully saturated rings. The summed E-state index contributed by atoms with van der Waals surface area (Å²) >= 11 is 5.70. The lowest BCUT2D eigenvalue weighted by Gasteiger charge is -2.05. The second-order valence-electron chi connectivity index (χ2n) is 2.96. The number of aromatic carboxylic acids is 1. The third-order valence-electron chi connectivity index (χ3n) is 1.69. The van der Waals surface area contributed by atoms with E-state index < -0.39 is 5.97 Å². The number of benzene rings is 1. The average molecular weight is 238 g/mol. The molecule has 1 amide bonds. The molecule has 0 bridgehead atoms. The number of terminal acetylenes is 1. The van der Waals surface area contributed by atoms with Gasteiger partial charge in [-0.05, 0) is 18.2 Å². The lowest BCUT2D eigenvalue weighted by atomic mass is 10.2. The average Bonchev–Trinajstić information content (AvgIpc) is 2.16. The normalized spacial score (nSPS) is 9.25. The Bertz CT molecular complexity index is 477. The van der Waals surface area contributed by atoms with Crippen LogP contribution in [0.1, 0.15) is 16.8 Å². The van der Waals surface area contributed by atoms with Crippen LogP contribution in [0, 0.1) is 12.3 Å². The van der Waals surface area contributed by atoms with Crippen molar-refractivity contribution in [3.8, 4) is 12.3 Å². The van der Waals surface area contributed by atoms with E-state index in [4.69, 9.17) is 23.1 Å². The molecule has 1 rings (SSSR count). The van der Waals surface area contributed by atoms with E-state index in [9.17, 15) is 9.59 Å². The minimum Gasteiger partial charge on any atom is -0.478 e. The van der Waals surface area contributed by atoms with Crippen LogP contribution in [0.4, 0.5) is 5.69 Å². The van der Waals surface area contributed by atoms with Crippen molar-refractivity contribution < 1.29 is 14.7 Å². The van der Waals surface area contributed by atoms with E-state index in [0.29, 0.717) is 5.69 Å². The summed E-state index contributed by atoms with van der Waals surface area (Å²) in [4.78, 5) is 21.9. The summed E-state index contributed by atoms with van der Waals surface area (Å²) in [5.74, 6) is 0.675. The number of amides is 1. The summed E-state index contributed by atoms with van der Waals surface area (Å²) in [5, 5.41) is 11.4. The van der Waals surface area contributed by atoms with Crippen molar-refractivity contribution in [2.75, 3.05) is 5.32 Å². The van der Waals surface area contributed by atoms with Crippen molar-refractivity contribution in [2.24, 2.45) is 0 Å². The molecule has 0 aliphatic rings. The first-order chi connectivity index (χ1) is 7.52. The van der Waals surface area contributed by atoms with Crippen molar-refractivity contribution in [1.82, 2.24) is 0 Å². The number of hydrogen-bond acceptors (Lipinski definition) is 2. The molecule has 0 unspecified atom stereocenters. The van der Waals surface area contributed by atoms with Crippen molar-refractivity contribution in [3.05, 3.63) is 28.8 Å². The highest BCUT2D eigenvalue weighted by Gasteiger charge is 2.07. The van der Waals surface area contributed by atoms with Gasteiger partial charge in [-0.15, -0.1) is 6.42 Å². The lowest BCUT2D eigenvalue weighted by molar-refractivity contribution is -0.115. The molecule has 0 spiro atoms. The van der Waals surface area contributed by atoms with Crippen LogP contribution < -0.4 is 5.32 Å². The Hall–Kier alpha value is -1.99. The van der Waals surface area contributed by atoms with Gasteiger partial charge in [0.15, 0.2) is 0 Å². The number of halogens is 1. The topological polar surface area (TPSA) is 66.4 Å². The predicted octanol–water partition coefficient (Wildman–Crippen LogP) is 2.00. The molecule has 16 heavy (non-hydrogen) atoms. The highest BCUT2D eigenvalue weighted by molar-refractivity contribution is 6.31. The van der Waals surface area contributed by atoms with E-state index in [1.807, 2.05) is 0 Å². The lowest BCUT2D eigenvalue weighted by Crippen LogP contribution is -2.10. The van der Waals surface area contributed by atoms with Crippen LogP contribution in [-0.2, 0) is 4.79 Å². The van der Waals surface area contributed by atoms with Crippen LogP contribution in [-0.4, -0.2) is 17.0 Å².